The summed E-state index contributed by atoms with van der Waals surface area (Å²) in [6.45, 7) is 13.8. The van der Waals surface area contributed by atoms with Gasteiger partial charge in [0.2, 0.25) is 9.84 Å². The molecule has 23 heavy (non-hydrogen) atoms. The number of rotatable bonds is 8. The predicted molar refractivity (Wildman–Crippen MR) is 89.0 cm³/mol. The van der Waals surface area contributed by atoms with Gasteiger partial charge in [-0.3, -0.25) is 0 Å². The van der Waals surface area contributed by atoms with Crippen molar-refractivity contribution < 1.29 is 13.2 Å². The predicted octanol–water partition coefficient (Wildman–Crippen LogP) is 2.27. The highest BCUT2D eigenvalue weighted by atomic mass is 32.2. The first-order chi connectivity index (χ1) is 10.7. The van der Waals surface area contributed by atoms with Crippen LogP contribution in [0.25, 0.3) is 0 Å². The lowest BCUT2D eigenvalue weighted by molar-refractivity contribution is 0.204. The Labute approximate surface area is 137 Å². The van der Waals surface area contributed by atoms with Crippen LogP contribution in [0.4, 0.5) is 4.79 Å². The minimum Gasteiger partial charge on any atom is -0.315 e. The summed E-state index contributed by atoms with van der Waals surface area (Å²) < 4.78 is 25.1. The lowest BCUT2D eigenvalue weighted by Crippen LogP contribution is -2.37. The summed E-state index contributed by atoms with van der Waals surface area (Å²) in [7, 11) is -3.56. The summed E-state index contributed by atoms with van der Waals surface area (Å²) in [5, 5.41) is 3.52. The largest absolute Gasteiger partial charge is 0.346 e. The summed E-state index contributed by atoms with van der Waals surface area (Å²) >= 11 is 0. The molecule has 1 aromatic rings. The third-order valence-electron chi connectivity index (χ3n) is 2.90. The van der Waals surface area contributed by atoms with Crippen LogP contribution in [0, 0.1) is 0 Å². The van der Waals surface area contributed by atoms with Gasteiger partial charge in [-0.1, -0.05) is 37.6 Å². The maximum atomic E-state index is 12.5. The fourth-order valence-electron chi connectivity index (χ4n) is 1.90. The highest BCUT2D eigenvalue weighted by molar-refractivity contribution is 7.91. The van der Waals surface area contributed by atoms with Crippen molar-refractivity contribution in [3.63, 3.8) is 0 Å². The van der Waals surface area contributed by atoms with E-state index in [4.69, 9.17) is 0 Å². The first-order valence-corrected chi connectivity index (χ1v) is 9.05. The number of carbonyl (C=O) groups excluding carboxylic acids is 1. The molecule has 0 radical (unpaired) electrons. The number of hydrogen-bond donors (Lipinski definition) is 0. The zero-order chi connectivity index (χ0) is 17.6. The maximum absolute atomic E-state index is 12.5. The van der Waals surface area contributed by atoms with Gasteiger partial charge in [0.25, 0.3) is 5.16 Å². The quantitative estimate of drug-likeness (QED) is 0.678. The molecule has 8 heteroatoms. The molecule has 0 unspecified atom stereocenters. The Balaban J connectivity index is 2.99. The first-order valence-electron chi connectivity index (χ1n) is 7.39. The van der Waals surface area contributed by atoms with Gasteiger partial charge in [-0.25, -0.2) is 18.2 Å². The Hall–Kier alpha value is -1.96. The third-order valence-corrected chi connectivity index (χ3v) is 4.47. The van der Waals surface area contributed by atoms with Crippen LogP contribution in [0.3, 0.4) is 0 Å². The van der Waals surface area contributed by atoms with Crippen molar-refractivity contribution >= 4 is 15.9 Å². The Morgan fingerprint density at radius 1 is 1.26 bits per heavy atom. The van der Waals surface area contributed by atoms with Crippen LogP contribution in [-0.2, 0) is 9.84 Å². The molecule has 0 bridgehead atoms. The van der Waals surface area contributed by atoms with Gasteiger partial charge in [-0.15, -0.1) is 5.10 Å². The average molecular weight is 340 g/mol. The van der Waals surface area contributed by atoms with Gasteiger partial charge in [0, 0.05) is 13.1 Å². The van der Waals surface area contributed by atoms with Crippen LogP contribution in [0.5, 0.6) is 0 Å². The Morgan fingerprint density at radius 2 is 1.83 bits per heavy atom. The van der Waals surface area contributed by atoms with Crippen LogP contribution in [0.15, 0.2) is 35.8 Å². The summed E-state index contributed by atoms with van der Waals surface area (Å²) in [6.07, 6.45) is 2.41. The van der Waals surface area contributed by atoms with Crippen molar-refractivity contribution in [1.29, 1.82) is 0 Å². The molecule has 7 nitrogen and oxygen atoms in total. The summed E-state index contributed by atoms with van der Waals surface area (Å²) in [5.74, 6) is -0.0249. The number of unbranched alkanes of at least 4 members (excludes halogenated alkanes) is 1. The van der Waals surface area contributed by atoms with Gasteiger partial charge in [0.1, 0.15) is 6.33 Å². The second kappa shape index (κ2) is 8.05. The topological polar surface area (TPSA) is 85.2 Å². The van der Waals surface area contributed by atoms with E-state index in [0.717, 1.165) is 28.6 Å². The molecule has 0 aromatic carbocycles. The molecule has 0 aliphatic rings. The molecule has 0 saturated heterocycles. The monoisotopic (exact) mass is 340 g/mol. The molecule has 0 atom stereocenters. The summed E-state index contributed by atoms with van der Waals surface area (Å²) in [4.78, 5) is 17.7. The van der Waals surface area contributed by atoms with Crippen molar-refractivity contribution in [3.05, 3.63) is 30.6 Å². The van der Waals surface area contributed by atoms with Gasteiger partial charge in [0.15, 0.2) is 0 Å². The van der Waals surface area contributed by atoms with E-state index in [1.54, 1.807) is 13.8 Å². The minimum atomic E-state index is -3.56. The lowest BCUT2D eigenvalue weighted by Gasteiger charge is -2.22. The average Bonchev–Trinajstić information content (AvgIpc) is 2.93. The van der Waals surface area contributed by atoms with Crippen molar-refractivity contribution in [3.8, 4) is 0 Å². The molecule has 0 aliphatic heterocycles. The number of sulfone groups is 1. The van der Waals surface area contributed by atoms with Crippen molar-refractivity contribution in [2.24, 2.45) is 0 Å². The number of nitrogens with zero attached hydrogens (tertiary/aromatic N) is 4. The van der Waals surface area contributed by atoms with Gasteiger partial charge >= 0.3 is 6.03 Å². The molecular formula is C15H24N4O3S. The van der Waals surface area contributed by atoms with Gasteiger partial charge in [-0.2, -0.15) is 4.68 Å². The van der Waals surface area contributed by atoms with Crippen molar-refractivity contribution in [1.82, 2.24) is 19.7 Å². The van der Waals surface area contributed by atoms with Crippen molar-refractivity contribution in [2.75, 3.05) is 18.8 Å². The molecule has 0 saturated carbocycles. The third kappa shape index (κ3) is 5.63. The molecule has 1 amide bonds. The van der Waals surface area contributed by atoms with E-state index in [-0.39, 0.29) is 10.9 Å². The van der Waals surface area contributed by atoms with Crippen LogP contribution < -0.4 is 0 Å². The van der Waals surface area contributed by atoms with E-state index in [1.165, 1.54) is 4.90 Å². The van der Waals surface area contributed by atoms with E-state index in [0.29, 0.717) is 19.5 Å². The number of aromatic nitrogens is 3. The molecule has 128 valence electrons. The van der Waals surface area contributed by atoms with Crippen LogP contribution in [0.1, 0.15) is 33.6 Å². The van der Waals surface area contributed by atoms with E-state index in [9.17, 15) is 13.2 Å². The Morgan fingerprint density at radius 3 is 2.30 bits per heavy atom. The Bertz CT molecular complexity index is 675. The Kier molecular flexibility index (Phi) is 6.68. The van der Waals surface area contributed by atoms with E-state index in [1.807, 2.05) is 6.92 Å². The highest BCUT2D eigenvalue weighted by Gasteiger charge is 2.23. The van der Waals surface area contributed by atoms with Crippen LogP contribution in [0.2, 0.25) is 0 Å². The molecule has 1 rings (SSSR count). The summed E-state index contributed by atoms with van der Waals surface area (Å²) in [6, 6.07) is -0.458. The standard InChI is InChI=1S/C15H24N4O3S/c1-6-7-8-23(21,22)14-16-11-19(17-14)15(20)18(9-12(2)3)10-13(4)5/h11H,2,4,6-10H2,1,3,5H3. The molecule has 1 heterocycles. The van der Waals surface area contributed by atoms with Crippen LogP contribution >= 0.6 is 0 Å². The van der Waals surface area contributed by atoms with Gasteiger partial charge in [0.05, 0.1) is 5.75 Å². The first kappa shape index (κ1) is 19.1. The zero-order valence-corrected chi connectivity index (χ0v) is 14.8. The number of hydrogen-bond acceptors (Lipinski definition) is 5. The molecule has 0 fully saturated rings. The van der Waals surface area contributed by atoms with E-state index in [2.05, 4.69) is 23.2 Å². The minimum absolute atomic E-state index is 0.0249. The smallest absolute Gasteiger partial charge is 0.315 e. The number of carbonyl (C=O) groups is 1. The lowest BCUT2D eigenvalue weighted by atomic mass is 10.3. The maximum Gasteiger partial charge on any atom is 0.346 e. The zero-order valence-electron chi connectivity index (χ0n) is 13.9. The van der Waals surface area contributed by atoms with Gasteiger partial charge in [-0.05, 0) is 20.3 Å². The second-order valence-electron chi connectivity index (χ2n) is 5.70. The SMILES string of the molecule is C=C(C)CN(CC(=C)C)C(=O)n1cnc(S(=O)(=O)CCCC)n1. The normalized spacial score (nSPS) is 11.3. The fourth-order valence-corrected chi connectivity index (χ4v) is 3.17. The highest BCUT2D eigenvalue weighted by Crippen LogP contribution is 2.09. The summed E-state index contributed by atoms with van der Waals surface area (Å²) in [5.41, 5.74) is 1.60. The van der Waals surface area contributed by atoms with Crippen molar-refractivity contribution in [2.45, 2.75) is 38.8 Å². The molecule has 0 spiro atoms. The van der Waals surface area contributed by atoms with E-state index < -0.39 is 15.9 Å². The van der Waals surface area contributed by atoms with Crippen LogP contribution in [-0.4, -0.2) is 53.0 Å². The molecule has 0 N–H and O–H groups in total. The fraction of sp³-hybridized carbons (Fsp3) is 0.533. The van der Waals surface area contributed by atoms with E-state index >= 15 is 0 Å². The number of amides is 1. The molecular weight excluding hydrogens is 316 g/mol. The molecule has 0 aliphatic carbocycles. The molecule has 1 aromatic heterocycles. The van der Waals surface area contributed by atoms with Gasteiger partial charge < -0.3 is 4.90 Å². The second-order valence-corrected chi connectivity index (χ2v) is 7.70.